The second kappa shape index (κ2) is 2.48. The van der Waals surface area contributed by atoms with Gasteiger partial charge in [0.05, 0.1) is 4.47 Å². The number of hydrogen-bond acceptors (Lipinski definition) is 2. The van der Waals surface area contributed by atoms with Crippen LogP contribution >= 0.6 is 15.9 Å². The SMILES string of the molecule is Oc1nc2c(cc1Br)CCC2. The molecule has 2 rings (SSSR count). The number of nitrogens with zero attached hydrogens (tertiary/aromatic N) is 1. The number of pyridine rings is 1. The molecule has 0 atom stereocenters. The molecule has 1 N–H and O–H groups in total. The smallest absolute Gasteiger partial charge is 0.225 e. The van der Waals surface area contributed by atoms with Crippen LogP contribution in [0.4, 0.5) is 0 Å². The van der Waals surface area contributed by atoms with Gasteiger partial charge >= 0.3 is 0 Å². The number of halogens is 1. The van der Waals surface area contributed by atoms with E-state index in [9.17, 15) is 5.11 Å². The van der Waals surface area contributed by atoms with Crippen LogP contribution in [0.1, 0.15) is 17.7 Å². The predicted octanol–water partition coefficient (Wildman–Crippen LogP) is 2.04. The summed E-state index contributed by atoms with van der Waals surface area (Å²) in [5.74, 6) is 0.116. The molecule has 0 aliphatic heterocycles. The number of aromatic hydroxyl groups is 1. The van der Waals surface area contributed by atoms with Crippen LogP contribution in [0.3, 0.4) is 0 Å². The van der Waals surface area contributed by atoms with Gasteiger partial charge in [-0.3, -0.25) is 0 Å². The van der Waals surface area contributed by atoms with Crippen LogP contribution < -0.4 is 0 Å². The average molecular weight is 214 g/mol. The Kier molecular flexibility index (Phi) is 1.60. The van der Waals surface area contributed by atoms with Gasteiger partial charge in [-0.2, -0.15) is 0 Å². The van der Waals surface area contributed by atoms with Crippen LogP contribution in [-0.2, 0) is 12.8 Å². The molecule has 0 aromatic carbocycles. The molecule has 58 valence electrons. The Labute approximate surface area is 73.4 Å². The second-order valence-electron chi connectivity index (χ2n) is 2.75. The number of hydrogen-bond donors (Lipinski definition) is 1. The van der Waals surface area contributed by atoms with Gasteiger partial charge in [0.2, 0.25) is 5.88 Å². The molecule has 0 spiro atoms. The maximum atomic E-state index is 9.23. The maximum Gasteiger partial charge on any atom is 0.225 e. The first-order valence-electron chi connectivity index (χ1n) is 3.64. The van der Waals surface area contributed by atoms with Gasteiger partial charge in [-0.05, 0) is 46.8 Å². The molecular weight excluding hydrogens is 206 g/mol. The summed E-state index contributed by atoms with van der Waals surface area (Å²) in [7, 11) is 0. The Balaban J connectivity index is 2.57. The Morgan fingerprint density at radius 2 is 2.27 bits per heavy atom. The van der Waals surface area contributed by atoms with Crippen molar-refractivity contribution in [1.82, 2.24) is 4.98 Å². The van der Waals surface area contributed by atoms with Gasteiger partial charge in [0.15, 0.2) is 0 Å². The van der Waals surface area contributed by atoms with Gasteiger partial charge in [-0.25, -0.2) is 4.98 Å². The van der Waals surface area contributed by atoms with E-state index in [1.165, 1.54) is 5.56 Å². The van der Waals surface area contributed by atoms with Crippen molar-refractivity contribution >= 4 is 15.9 Å². The van der Waals surface area contributed by atoms with E-state index in [-0.39, 0.29) is 5.88 Å². The highest BCUT2D eigenvalue weighted by atomic mass is 79.9. The minimum atomic E-state index is 0.116. The minimum absolute atomic E-state index is 0.116. The van der Waals surface area contributed by atoms with Crippen LogP contribution in [0.5, 0.6) is 5.88 Å². The van der Waals surface area contributed by atoms with Crippen molar-refractivity contribution in [2.45, 2.75) is 19.3 Å². The zero-order valence-electron chi connectivity index (χ0n) is 5.97. The van der Waals surface area contributed by atoms with Crippen molar-refractivity contribution in [1.29, 1.82) is 0 Å². The maximum absolute atomic E-state index is 9.23. The van der Waals surface area contributed by atoms with Crippen LogP contribution in [-0.4, -0.2) is 10.1 Å². The quantitative estimate of drug-likeness (QED) is 0.716. The summed E-state index contributed by atoms with van der Waals surface area (Å²) in [6.45, 7) is 0. The standard InChI is InChI=1S/C8H8BrNO/c9-6-4-5-2-1-3-7(5)10-8(6)11/h4H,1-3H2,(H,10,11). The van der Waals surface area contributed by atoms with Crippen LogP contribution in [0, 0.1) is 0 Å². The molecule has 0 fully saturated rings. The third kappa shape index (κ3) is 1.13. The fourth-order valence-electron chi connectivity index (χ4n) is 1.43. The molecule has 0 amide bonds. The van der Waals surface area contributed by atoms with Crippen molar-refractivity contribution < 1.29 is 5.11 Å². The molecule has 0 saturated carbocycles. The summed E-state index contributed by atoms with van der Waals surface area (Å²) in [5.41, 5.74) is 2.33. The Morgan fingerprint density at radius 3 is 3.09 bits per heavy atom. The molecule has 11 heavy (non-hydrogen) atoms. The number of aryl methyl sites for hydroxylation is 2. The predicted molar refractivity (Wildman–Crippen MR) is 45.6 cm³/mol. The van der Waals surface area contributed by atoms with Crippen LogP contribution in [0.15, 0.2) is 10.5 Å². The molecule has 0 unspecified atom stereocenters. The monoisotopic (exact) mass is 213 g/mol. The fraction of sp³-hybridized carbons (Fsp3) is 0.375. The zero-order chi connectivity index (χ0) is 7.84. The summed E-state index contributed by atoms with van der Waals surface area (Å²) in [6.07, 6.45) is 3.27. The van der Waals surface area contributed by atoms with E-state index >= 15 is 0 Å². The Hall–Kier alpha value is -0.570. The third-order valence-corrected chi connectivity index (χ3v) is 2.57. The van der Waals surface area contributed by atoms with Crippen molar-refractivity contribution in [2.24, 2.45) is 0 Å². The van der Waals surface area contributed by atoms with Crippen LogP contribution in [0.2, 0.25) is 0 Å². The number of fused-ring (bicyclic) bond motifs is 1. The fourth-order valence-corrected chi connectivity index (χ4v) is 1.80. The van der Waals surface area contributed by atoms with E-state index < -0.39 is 0 Å². The van der Waals surface area contributed by atoms with E-state index in [4.69, 9.17) is 0 Å². The summed E-state index contributed by atoms with van der Waals surface area (Å²) >= 11 is 3.24. The van der Waals surface area contributed by atoms with E-state index in [0.717, 1.165) is 25.0 Å². The summed E-state index contributed by atoms with van der Waals surface area (Å²) in [6, 6.07) is 1.96. The lowest BCUT2D eigenvalue weighted by Gasteiger charge is -2.00. The Morgan fingerprint density at radius 1 is 1.45 bits per heavy atom. The third-order valence-electron chi connectivity index (χ3n) is 1.99. The molecule has 1 aromatic rings. The number of rotatable bonds is 0. The lowest BCUT2D eigenvalue weighted by atomic mass is 10.2. The molecular formula is C8H8BrNO. The number of aromatic nitrogens is 1. The molecule has 0 radical (unpaired) electrons. The molecule has 1 aliphatic rings. The molecule has 1 aliphatic carbocycles. The summed E-state index contributed by atoms with van der Waals surface area (Å²) < 4.78 is 0.707. The highest BCUT2D eigenvalue weighted by molar-refractivity contribution is 9.10. The molecule has 0 saturated heterocycles. The van der Waals surface area contributed by atoms with Gasteiger partial charge in [-0.1, -0.05) is 0 Å². The Bertz CT molecular complexity index is 269. The van der Waals surface area contributed by atoms with E-state index in [1.807, 2.05) is 6.07 Å². The molecule has 2 nitrogen and oxygen atoms in total. The highest BCUT2D eigenvalue weighted by Gasteiger charge is 2.14. The highest BCUT2D eigenvalue weighted by Crippen LogP contribution is 2.28. The van der Waals surface area contributed by atoms with Crippen LogP contribution in [0.25, 0.3) is 0 Å². The normalized spacial score (nSPS) is 15.0. The lowest BCUT2D eigenvalue weighted by molar-refractivity contribution is 0.448. The van der Waals surface area contributed by atoms with E-state index in [0.29, 0.717) is 4.47 Å². The average Bonchev–Trinajstić information content (AvgIpc) is 2.36. The van der Waals surface area contributed by atoms with Crippen molar-refractivity contribution in [2.75, 3.05) is 0 Å². The van der Waals surface area contributed by atoms with Gasteiger partial charge in [-0.15, -0.1) is 0 Å². The summed E-state index contributed by atoms with van der Waals surface area (Å²) in [4.78, 5) is 4.06. The zero-order valence-corrected chi connectivity index (χ0v) is 7.56. The van der Waals surface area contributed by atoms with Crippen molar-refractivity contribution in [3.05, 3.63) is 21.8 Å². The van der Waals surface area contributed by atoms with Crippen molar-refractivity contribution in [3.8, 4) is 5.88 Å². The van der Waals surface area contributed by atoms with E-state index in [2.05, 4.69) is 20.9 Å². The second-order valence-corrected chi connectivity index (χ2v) is 3.61. The lowest BCUT2D eigenvalue weighted by Crippen LogP contribution is -1.87. The van der Waals surface area contributed by atoms with Gasteiger partial charge < -0.3 is 5.11 Å². The molecule has 0 bridgehead atoms. The molecule has 1 aromatic heterocycles. The van der Waals surface area contributed by atoms with Gasteiger partial charge in [0, 0.05) is 5.69 Å². The first-order chi connectivity index (χ1) is 5.27. The largest absolute Gasteiger partial charge is 0.492 e. The van der Waals surface area contributed by atoms with Gasteiger partial charge in [0.25, 0.3) is 0 Å². The molecule has 1 heterocycles. The van der Waals surface area contributed by atoms with Crippen molar-refractivity contribution in [3.63, 3.8) is 0 Å². The minimum Gasteiger partial charge on any atom is -0.492 e. The first kappa shape index (κ1) is 7.10. The first-order valence-corrected chi connectivity index (χ1v) is 4.44. The molecule has 3 heteroatoms. The summed E-state index contributed by atoms with van der Waals surface area (Å²) in [5, 5.41) is 9.23. The topological polar surface area (TPSA) is 33.1 Å². The van der Waals surface area contributed by atoms with E-state index in [1.54, 1.807) is 0 Å². The van der Waals surface area contributed by atoms with Gasteiger partial charge in [0.1, 0.15) is 0 Å².